The van der Waals surface area contributed by atoms with Gasteiger partial charge in [-0.15, -0.1) is 0 Å². The molecule has 0 bridgehead atoms. The van der Waals surface area contributed by atoms with E-state index in [0.717, 1.165) is 45.5 Å². The molecular formula is C101H121F3N18O7. The summed E-state index contributed by atoms with van der Waals surface area (Å²) in [4.78, 5) is 97.6. The summed E-state index contributed by atoms with van der Waals surface area (Å²) in [5.41, 5.74) is 41.9. The van der Waals surface area contributed by atoms with Gasteiger partial charge in [-0.1, -0.05) is 242 Å². The Balaban J connectivity index is 0.000000201. The van der Waals surface area contributed by atoms with Crippen molar-refractivity contribution in [3.8, 4) is 5.75 Å². The first kappa shape index (κ1) is 97.5. The minimum Gasteiger partial charge on any atom is -0.507 e. The van der Waals surface area contributed by atoms with Gasteiger partial charge in [0.05, 0.1) is 23.7 Å². The van der Waals surface area contributed by atoms with Crippen molar-refractivity contribution in [3.05, 3.63) is 334 Å². The topological polar surface area (TPSA) is 398 Å². The van der Waals surface area contributed by atoms with E-state index in [1.165, 1.54) is 41.5 Å². The number of benzene rings is 9. The summed E-state index contributed by atoms with van der Waals surface area (Å²) in [7, 11) is 0. The van der Waals surface area contributed by atoms with E-state index in [1.54, 1.807) is 36.4 Å². The Morgan fingerprint density at radius 3 is 1.01 bits per heavy atom. The molecule has 0 radical (unpaired) electrons. The molecule has 6 atom stereocenters. The van der Waals surface area contributed by atoms with E-state index in [-0.39, 0.29) is 101 Å². The third-order valence-corrected chi connectivity index (χ3v) is 22.7. The molecule has 3 saturated heterocycles. The van der Waals surface area contributed by atoms with Crippen molar-refractivity contribution >= 4 is 71.5 Å². The third-order valence-electron chi connectivity index (χ3n) is 22.7. The lowest BCUT2D eigenvalue weighted by molar-refractivity contribution is -0.137. The molecule has 25 nitrogen and oxygen atoms in total. The van der Waals surface area contributed by atoms with Gasteiger partial charge in [-0.25, -0.2) is 0 Å². The van der Waals surface area contributed by atoms with Crippen molar-refractivity contribution in [1.82, 2.24) is 46.6 Å². The predicted octanol–water partition coefficient (Wildman–Crippen LogP) is 10.8. The lowest BCUT2D eigenvalue weighted by atomic mass is 9.90. The number of nitrogens with zero attached hydrogens (tertiary/aromatic N) is 6. The maximum atomic E-state index is 13.9. The molecule has 0 unspecified atom stereocenters. The van der Waals surface area contributed by atoms with Gasteiger partial charge < -0.3 is 86.1 Å². The van der Waals surface area contributed by atoms with E-state index in [0.29, 0.717) is 135 Å². The maximum absolute atomic E-state index is 13.9. The molecule has 0 aromatic heterocycles. The van der Waals surface area contributed by atoms with Crippen LogP contribution < -0.4 is 66.3 Å². The van der Waals surface area contributed by atoms with E-state index in [4.69, 9.17) is 34.4 Å². The molecule has 3 aliphatic heterocycles. The number of aliphatic imine (C=N–C) groups is 3. The number of carbonyl (C=O) groups is 6. The first-order valence-electron chi connectivity index (χ1n) is 43.9. The van der Waals surface area contributed by atoms with E-state index < -0.39 is 35.8 Å². The molecule has 3 heterocycles. The van der Waals surface area contributed by atoms with Gasteiger partial charge in [0.1, 0.15) is 5.75 Å². The standard InChI is InChI=1S/C34H39F3N6O2.C34H42N6O2.C33H40N6O3/c35-34(36,37)27-14-7-9-24(21-27)16-17-31(44)41-22-28-18-20-43(32(45)30(42-28)15-8-19-40-33(38)39)23-29(25-10-3-1-4-11-25)26-12-5-2-6-13-26;1-25-10-8-11-26(22-25)17-18-32(41)38-23-29-19-21-40(33(42)31(39-29)16-9-20-37-34(35)36)24-30(27-12-4-2-5-13-27)28-14-6-3-7-15-28;34-33(35)36-20-9-15-29-32(42)39(23-28(24-10-3-1-4-11-24)25-12-5-2-6-13-25)21-19-27(38-29)22-37-31(41)18-17-26-14-7-8-16-30(26)40/h1-7,9-14,16-17,21,28-30,42H,8,15,18-20,22-23H2,(H,41,44)(H4,38,39,40);2-8,10-15,17-18,22,29-31,39H,9,16,19-21,23-24H2,1H3,(H,38,41)(H4,35,36,37);1-8,10-14,16-18,27-29,38,40H,9,15,19-23H2,(H,37,41)(H4,34,35,36)/b17-16+;2*18-17+/t28-,30-;29-,31-;27-,29-/m000/s1. The second-order valence-electron chi connectivity index (χ2n) is 32.3. The van der Waals surface area contributed by atoms with Crippen LogP contribution in [-0.4, -0.2) is 188 Å². The van der Waals surface area contributed by atoms with Crippen molar-refractivity contribution < 1.29 is 47.0 Å². The fourth-order valence-corrected chi connectivity index (χ4v) is 16.0. The van der Waals surface area contributed by atoms with E-state index in [1.807, 2.05) is 161 Å². The normalized spacial score (nSPS) is 17.3. The predicted molar refractivity (Wildman–Crippen MR) is 507 cm³/mol. The number of carbonyl (C=O) groups excluding carboxylic acids is 6. The first-order chi connectivity index (χ1) is 62.4. The number of nitrogens with two attached hydrogens (primary N) is 6. The van der Waals surface area contributed by atoms with Gasteiger partial charge >= 0.3 is 6.18 Å². The summed E-state index contributed by atoms with van der Waals surface area (Å²) < 4.78 is 39.1. The van der Waals surface area contributed by atoms with Crippen LogP contribution >= 0.6 is 0 Å². The number of rotatable bonds is 36. The van der Waals surface area contributed by atoms with Gasteiger partial charge in [-0.05, 0) is 146 Å². The molecule has 0 aliphatic carbocycles. The quantitative estimate of drug-likeness (QED) is 0.00751. The Morgan fingerprint density at radius 2 is 0.705 bits per heavy atom. The minimum absolute atomic E-state index is 0.0101. The summed E-state index contributed by atoms with van der Waals surface area (Å²) in [6, 6.07) is 79.1. The zero-order chi connectivity index (χ0) is 91.7. The fraction of sp³-hybridized carbons (Fsp3) is 0.317. The molecule has 678 valence electrons. The molecule has 3 fully saturated rings. The van der Waals surface area contributed by atoms with Gasteiger partial charge in [-0.2, -0.15) is 13.2 Å². The highest BCUT2D eigenvalue weighted by atomic mass is 19.4. The molecule has 0 saturated carbocycles. The second kappa shape index (κ2) is 51.2. The minimum atomic E-state index is -4.47. The summed E-state index contributed by atoms with van der Waals surface area (Å²) in [5.74, 6) is -0.612. The number of nitrogens with one attached hydrogen (secondary N) is 6. The van der Waals surface area contributed by atoms with Crippen LogP contribution in [0.15, 0.2) is 288 Å². The van der Waals surface area contributed by atoms with Crippen LogP contribution in [0.25, 0.3) is 18.2 Å². The van der Waals surface area contributed by atoms with Crippen molar-refractivity contribution in [2.75, 3.05) is 78.5 Å². The Bertz CT molecular complexity index is 5080. The molecule has 6 amide bonds. The van der Waals surface area contributed by atoms with Crippen LogP contribution in [0.4, 0.5) is 13.2 Å². The third kappa shape index (κ3) is 32.9. The summed E-state index contributed by atoms with van der Waals surface area (Å²) in [6.45, 7) is 7.52. The Labute approximate surface area is 754 Å². The van der Waals surface area contributed by atoms with Crippen molar-refractivity contribution in [1.29, 1.82) is 0 Å². The Morgan fingerprint density at radius 1 is 0.411 bits per heavy atom. The van der Waals surface area contributed by atoms with Crippen LogP contribution in [0.5, 0.6) is 5.75 Å². The lowest BCUT2D eigenvalue weighted by Crippen LogP contribution is -2.49. The highest BCUT2D eigenvalue weighted by molar-refractivity contribution is 5.93. The van der Waals surface area contributed by atoms with Gasteiger partial charge in [-0.3, -0.25) is 43.7 Å². The molecule has 0 spiro atoms. The number of alkyl halides is 3. The molecule has 3 aliphatic rings. The molecule has 12 rings (SSSR count). The van der Waals surface area contributed by atoms with Gasteiger partial charge in [0.2, 0.25) is 35.4 Å². The zero-order valence-corrected chi connectivity index (χ0v) is 72.9. The number of halogens is 3. The number of para-hydroxylation sites is 1. The maximum Gasteiger partial charge on any atom is 0.416 e. The molecule has 9 aromatic carbocycles. The fourth-order valence-electron chi connectivity index (χ4n) is 16.0. The summed E-state index contributed by atoms with van der Waals surface area (Å²) >= 11 is 0. The Hall–Kier alpha value is -13.7. The Kier molecular flexibility index (Phi) is 38.7. The van der Waals surface area contributed by atoms with Gasteiger partial charge in [0, 0.05) is 138 Å². The van der Waals surface area contributed by atoms with Crippen molar-refractivity contribution in [2.45, 2.75) is 125 Å². The number of aromatic hydroxyl groups is 1. The van der Waals surface area contributed by atoms with Crippen molar-refractivity contribution in [2.24, 2.45) is 49.4 Å². The van der Waals surface area contributed by atoms with Crippen LogP contribution in [0.1, 0.15) is 137 Å². The van der Waals surface area contributed by atoms with Gasteiger partial charge in [0.25, 0.3) is 0 Å². The van der Waals surface area contributed by atoms with E-state index >= 15 is 0 Å². The number of amides is 6. The molecule has 28 heteroatoms. The summed E-state index contributed by atoms with van der Waals surface area (Å²) in [5, 5.41) is 29.2. The number of phenols is 1. The number of hydrogen-bond acceptors (Lipinski definition) is 13. The largest absolute Gasteiger partial charge is 0.507 e. The van der Waals surface area contributed by atoms with Crippen molar-refractivity contribution in [3.63, 3.8) is 0 Å². The highest BCUT2D eigenvalue weighted by Gasteiger charge is 2.37. The molecular weight excluding hydrogens is 1630 g/mol. The lowest BCUT2D eigenvalue weighted by Gasteiger charge is -2.29. The van der Waals surface area contributed by atoms with E-state index in [2.05, 4.69) is 120 Å². The van der Waals surface area contributed by atoms with Crippen LogP contribution in [0.3, 0.4) is 0 Å². The van der Waals surface area contributed by atoms with E-state index in [9.17, 15) is 47.0 Å². The monoisotopic (exact) mass is 1750 g/mol. The zero-order valence-electron chi connectivity index (χ0n) is 72.9. The van der Waals surface area contributed by atoms with Crippen LogP contribution in [-0.2, 0) is 34.9 Å². The number of hydrogen-bond donors (Lipinski definition) is 13. The highest BCUT2D eigenvalue weighted by Crippen LogP contribution is 2.33. The molecule has 9 aromatic rings. The first-order valence-corrected chi connectivity index (χ1v) is 43.9. The molecule has 19 N–H and O–H groups in total. The number of aryl methyl sites for hydroxylation is 1. The second-order valence-corrected chi connectivity index (χ2v) is 32.3. The van der Waals surface area contributed by atoms with Gasteiger partial charge in [0.15, 0.2) is 17.9 Å². The van der Waals surface area contributed by atoms with Crippen LogP contribution in [0, 0.1) is 6.92 Å². The smallest absolute Gasteiger partial charge is 0.416 e. The average molecular weight is 1760 g/mol. The molecule has 129 heavy (non-hydrogen) atoms. The average Bonchev–Trinajstić information content (AvgIpc) is 1.80. The van der Waals surface area contributed by atoms with Crippen LogP contribution in [0.2, 0.25) is 0 Å². The number of guanidine groups is 3. The number of phenolic OH excluding ortho intramolecular Hbond substituents is 1. The SMILES string of the molecule is Cc1cccc(/C=C/C(=O)NC[C@@H]2CCN(CC(c3ccccc3)c3ccccc3)C(=O)[C@H](CCCN=C(N)N)N2)c1.NC(N)=NCCC[C@@H]1N[C@H](CNC(=O)/C=C/c2cccc(C(F)(F)F)c2)CCN(CC(c2ccccc2)c2ccccc2)C1=O.NC(N)=NCCC[C@@H]1N[C@H](CNC(=O)/C=C/c2ccccc2O)CCN(CC(c2ccccc2)c2ccccc2)C1=O. The summed E-state index contributed by atoms with van der Waals surface area (Å²) in [6.07, 6.45) is 9.94.